The molecule has 0 aliphatic carbocycles. The smallest absolute Gasteiger partial charge is 0.545 e. The summed E-state index contributed by atoms with van der Waals surface area (Å²) in [6.07, 6.45) is 0. The fraction of sp³-hybridized carbons (Fsp3) is 0.103. The molecular formula is C29H22Na2O7. The maximum absolute atomic E-state index is 11.3. The SMILES string of the molecule is O=C([O-])c1cc(OCc2cc(OCc3ccccc3)cc(OCc3ccccc3)c2)cc(C(=O)[O-])c1.[Na+].[Na+]. The largest absolute Gasteiger partial charge is 1.00 e. The fourth-order valence-corrected chi connectivity index (χ4v) is 3.45. The number of hydrogen-bond donors (Lipinski definition) is 0. The van der Waals surface area contributed by atoms with Gasteiger partial charge in [-0.2, -0.15) is 0 Å². The van der Waals surface area contributed by atoms with E-state index in [0.717, 1.165) is 17.2 Å². The van der Waals surface area contributed by atoms with Crippen LogP contribution in [0.3, 0.4) is 0 Å². The van der Waals surface area contributed by atoms with Crippen molar-refractivity contribution < 1.29 is 93.1 Å². The van der Waals surface area contributed by atoms with Gasteiger partial charge in [-0.05, 0) is 47.0 Å². The number of aromatic carboxylic acids is 2. The molecule has 38 heavy (non-hydrogen) atoms. The number of carboxylic acids is 2. The molecule has 0 radical (unpaired) electrons. The van der Waals surface area contributed by atoms with Gasteiger partial charge in [0.05, 0.1) is 11.9 Å². The molecule has 0 N–H and O–H groups in total. The number of carbonyl (C=O) groups is 2. The molecule has 0 atom stereocenters. The minimum atomic E-state index is -1.52. The van der Waals surface area contributed by atoms with Gasteiger partial charge in [-0.1, -0.05) is 60.7 Å². The molecule has 182 valence electrons. The van der Waals surface area contributed by atoms with Gasteiger partial charge in [0, 0.05) is 17.2 Å². The summed E-state index contributed by atoms with van der Waals surface area (Å²) in [5.74, 6) is -1.87. The van der Waals surface area contributed by atoms with Gasteiger partial charge < -0.3 is 34.0 Å². The Hall–Kier alpha value is -2.78. The summed E-state index contributed by atoms with van der Waals surface area (Å²) in [5.41, 5.74) is 2.04. The number of carboxylic acid groups (broad SMARTS) is 2. The molecule has 0 amide bonds. The minimum absolute atomic E-state index is 0. The monoisotopic (exact) mass is 528 g/mol. The first-order valence-corrected chi connectivity index (χ1v) is 11.1. The van der Waals surface area contributed by atoms with E-state index in [4.69, 9.17) is 14.2 Å². The molecule has 0 unspecified atom stereocenters. The van der Waals surface area contributed by atoms with Gasteiger partial charge >= 0.3 is 59.1 Å². The van der Waals surface area contributed by atoms with Crippen molar-refractivity contribution in [2.75, 3.05) is 0 Å². The fourth-order valence-electron chi connectivity index (χ4n) is 3.45. The van der Waals surface area contributed by atoms with E-state index in [0.29, 0.717) is 30.3 Å². The van der Waals surface area contributed by atoms with Crippen LogP contribution in [-0.4, -0.2) is 11.9 Å². The van der Waals surface area contributed by atoms with E-state index in [9.17, 15) is 19.8 Å². The van der Waals surface area contributed by atoms with Crippen LogP contribution in [0.5, 0.6) is 17.2 Å². The number of ether oxygens (including phenoxy) is 3. The predicted molar refractivity (Wildman–Crippen MR) is 127 cm³/mol. The van der Waals surface area contributed by atoms with Crippen LogP contribution < -0.4 is 83.5 Å². The molecule has 0 bridgehead atoms. The molecular weight excluding hydrogens is 506 g/mol. The molecule has 0 saturated heterocycles. The Morgan fingerprint density at radius 2 is 0.868 bits per heavy atom. The summed E-state index contributed by atoms with van der Waals surface area (Å²) in [7, 11) is 0. The van der Waals surface area contributed by atoms with E-state index >= 15 is 0 Å². The first kappa shape index (κ1) is 31.4. The van der Waals surface area contributed by atoms with E-state index in [1.54, 1.807) is 18.2 Å². The molecule has 0 fully saturated rings. The number of carbonyl (C=O) groups excluding carboxylic acids is 2. The van der Waals surface area contributed by atoms with Crippen LogP contribution in [0.1, 0.15) is 37.4 Å². The van der Waals surface area contributed by atoms with Crippen LogP contribution in [-0.2, 0) is 19.8 Å². The van der Waals surface area contributed by atoms with Gasteiger partial charge in [0.15, 0.2) is 0 Å². The Kier molecular flexibility index (Phi) is 12.9. The van der Waals surface area contributed by atoms with Crippen molar-refractivity contribution in [2.45, 2.75) is 19.8 Å². The van der Waals surface area contributed by atoms with Crippen molar-refractivity contribution in [3.63, 3.8) is 0 Å². The van der Waals surface area contributed by atoms with Gasteiger partial charge in [-0.3, -0.25) is 0 Å². The second-order valence-electron chi connectivity index (χ2n) is 7.97. The van der Waals surface area contributed by atoms with Crippen LogP contribution >= 0.6 is 0 Å². The molecule has 4 aromatic rings. The molecule has 0 aliphatic rings. The first-order chi connectivity index (χ1) is 17.5. The summed E-state index contributed by atoms with van der Waals surface area (Å²) in [4.78, 5) is 22.5. The van der Waals surface area contributed by atoms with E-state index < -0.39 is 11.9 Å². The quantitative estimate of drug-likeness (QED) is 0.193. The van der Waals surface area contributed by atoms with Crippen molar-refractivity contribution in [3.05, 3.63) is 125 Å². The molecule has 7 nitrogen and oxygen atoms in total. The Labute approximate surface area is 265 Å². The first-order valence-electron chi connectivity index (χ1n) is 11.1. The summed E-state index contributed by atoms with van der Waals surface area (Å²) >= 11 is 0. The number of rotatable bonds is 11. The maximum Gasteiger partial charge on any atom is 1.00 e. The molecule has 0 heterocycles. The third-order valence-electron chi connectivity index (χ3n) is 5.22. The topological polar surface area (TPSA) is 108 Å². The Morgan fingerprint density at radius 1 is 0.500 bits per heavy atom. The second-order valence-corrected chi connectivity index (χ2v) is 7.97. The van der Waals surface area contributed by atoms with E-state index in [2.05, 4.69) is 0 Å². The third-order valence-corrected chi connectivity index (χ3v) is 5.22. The molecule has 0 aromatic heterocycles. The van der Waals surface area contributed by atoms with Crippen LogP contribution in [0.25, 0.3) is 0 Å². The molecule has 0 aliphatic heterocycles. The van der Waals surface area contributed by atoms with Gasteiger partial charge in [0.25, 0.3) is 0 Å². The van der Waals surface area contributed by atoms with Gasteiger partial charge in [-0.25, -0.2) is 0 Å². The van der Waals surface area contributed by atoms with Crippen LogP contribution in [0, 0.1) is 0 Å². The standard InChI is InChI=1S/C29H24O7.2Na/c30-28(31)23-13-24(29(32)33)15-27(14-23)36-19-22-11-25(34-17-20-7-3-1-4-8-20)16-26(12-22)35-18-21-9-5-2-6-10-21;;/h1-16H,17-19H2,(H,30,31)(H,32,33);;/q;2*+1/p-2. The minimum Gasteiger partial charge on any atom is -0.545 e. The van der Waals surface area contributed by atoms with E-state index in [1.165, 1.54) is 12.1 Å². The maximum atomic E-state index is 11.3. The summed E-state index contributed by atoms with van der Waals surface area (Å²) < 4.78 is 17.7. The summed E-state index contributed by atoms with van der Waals surface area (Å²) in [6, 6.07) is 28.1. The Morgan fingerprint density at radius 3 is 1.26 bits per heavy atom. The third kappa shape index (κ3) is 9.51. The van der Waals surface area contributed by atoms with Gasteiger partial charge in [0.1, 0.15) is 37.1 Å². The van der Waals surface area contributed by atoms with Crippen molar-refractivity contribution in [2.24, 2.45) is 0 Å². The van der Waals surface area contributed by atoms with Crippen molar-refractivity contribution in [1.82, 2.24) is 0 Å². The van der Waals surface area contributed by atoms with Crippen molar-refractivity contribution >= 4 is 11.9 Å². The summed E-state index contributed by atoms with van der Waals surface area (Å²) in [6.45, 7) is 0.713. The second kappa shape index (κ2) is 15.6. The van der Waals surface area contributed by atoms with Gasteiger partial charge in [0.2, 0.25) is 0 Å². The normalized spacial score (nSPS) is 9.89. The van der Waals surface area contributed by atoms with Gasteiger partial charge in [-0.15, -0.1) is 0 Å². The zero-order valence-corrected chi connectivity index (χ0v) is 25.2. The van der Waals surface area contributed by atoms with Crippen LogP contribution in [0.4, 0.5) is 0 Å². The summed E-state index contributed by atoms with van der Waals surface area (Å²) in [5, 5.41) is 22.5. The molecule has 4 aromatic carbocycles. The Balaban J connectivity index is 0.00000253. The van der Waals surface area contributed by atoms with E-state index in [1.807, 2.05) is 60.7 Å². The molecule has 9 heteroatoms. The molecule has 4 rings (SSSR count). The molecule has 0 saturated carbocycles. The zero-order valence-electron chi connectivity index (χ0n) is 21.2. The van der Waals surface area contributed by atoms with Crippen molar-refractivity contribution in [1.29, 1.82) is 0 Å². The Bertz CT molecular complexity index is 1250. The average molecular weight is 528 g/mol. The van der Waals surface area contributed by atoms with Crippen molar-refractivity contribution in [3.8, 4) is 17.2 Å². The zero-order chi connectivity index (χ0) is 25.3. The average Bonchev–Trinajstić information content (AvgIpc) is 2.90. The predicted octanol–water partition coefficient (Wildman–Crippen LogP) is -2.84. The molecule has 0 spiro atoms. The number of hydrogen-bond acceptors (Lipinski definition) is 7. The van der Waals surface area contributed by atoms with Crippen LogP contribution in [0.15, 0.2) is 97.1 Å². The van der Waals surface area contributed by atoms with E-state index in [-0.39, 0.29) is 82.6 Å². The van der Waals surface area contributed by atoms with Crippen LogP contribution in [0.2, 0.25) is 0 Å². The number of benzene rings is 4.